The first-order valence-corrected chi connectivity index (χ1v) is 6.74. The van der Waals surface area contributed by atoms with Crippen LogP contribution in [-0.4, -0.2) is 18.3 Å². The number of rotatable bonds is 6. The Balaban J connectivity index is 2.25. The van der Waals surface area contributed by atoms with Gasteiger partial charge in [0.2, 0.25) is 0 Å². The first kappa shape index (κ1) is 15.0. The summed E-state index contributed by atoms with van der Waals surface area (Å²) in [5.41, 5.74) is 1.33. The van der Waals surface area contributed by atoms with Gasteiger partial charge in [-0.3, -0.25) is 0 Å². The monoisotopic (exact) mass is 250 g/mol. The van der Waals surface area contributed by atoms with Gasteiger partial charge in [0.15, 0.2) is 0 Å². The molecule has 1 aromatic carbocycles. The van der Waals surface area contributed by atoms with E-state index in [4.69, 9.17) is 4.74 Å². The zero-order valence-electron chi connectivity index (χ0n) is 12.1. The summed E-state index contributed by atoms with van der Waals surface area (Å²) >= 11 is 0. The van der Waals surface area contributed by atoms with E-state index in [1.54, 1.807) is 7.11 Å². The molecule has 1 atom stereocenters. The van der Waals surface area contributed by atoms with Gasteiger partial charge in [-0.1, -0.05) is 39.3 Å². The minimum Gasteiger partial charge on any atom is -0.497 e. The Kier molecular flexibility index (Phi) is 5.67. The number of aliphatic hydroxyl groups is 1. The zero-order chi connectivity index (χ0) is 13.6. The second-order valence-corrected chi connectivity index (χ2v) is 5.98. The van der Waals surface area contributed by atoms with Crippen molar-refractivity contribution in [2.24, 2.45) is 5.41 Å². The Morgan fingerprint density at radius 2 is 1.72 bits per heavy atom. The van der Waals surface area contributed by atoms with Crippen LogP contribution in [0.3, 0.4) is 0 Å². The molecule has 1 aromatic rings. The number of aliphatic hydroxyl groups excluding tert-OH is 1. The Bertz CT molecular complexity index is 335. The smallest absolute Gasteiger partial charge is 0.118 e. The van der Waals surface area contributed by atoms with Crippen molar-refractivity contribution in [3.63, 3.8) is 0 Å². The lowest BCUT2D eigenvalue weighted by molar-refractivity contribution is 0.0535. The zero-order valence-corrected chi connectivity index (χ0v) is 12.1. The predicted octanol–water partition coefficient (Wildman–Crippen LogP) is 3.82. The fourth-order valence-corrected chi connectivity index (χ4v) is 1.89. The molecule has 0 aliphatic carbocycles. The van der Waals surface area contributed by atoms with Crippen LogP contribution in [0.4, 0.5) is 0 Å². The predicted molar refractivity (Wildman–Crippen MR) is 76.0 cm³/mol. The summed E-state index contributed by atoms with van der Waals surface area (Å²) in [6.45, 7) is 6.25. The van der Waals surface area contributed by atoms with E-state index in [9.17, 15) is 5.11 Å². The van der Waals surface area contributed by atoms with Crippen molar-refractivity contribution < 1.29 is 9.84 Å². The standard InChI is InChI=1S/C16H26O2/c1-16(2,3)15(17)8-6-5-7-13-9-11-14(18-4)12-10-13/h9-12,15,17H,5-8H2,1-4H3. The van der Waals surface area contributed by atoms with E-state index in [2.05, 4.69) is 32.9 Å². The van der Waals surface area contributed by atoms with Crippen molar-refractivity contribution in [3.05, 3.63) is 29.8 Å². The SMILES string of the molecule is COc1ccc(CCCCC(O)C(C)(C)C)cc1. The van der Waals surface area contributed by atoms with Crippen molar-refractivity contribution in [1.82, 2.24) is 0 Å². The molecule has 0 heterocycles. The number of unbranched alkanes of at least 4 members (excludes halogenated alkanes) is 1. The highest BCUT2D eigenvalue weighted by atomic mass is 16.5. The molecule has 0 amide bonds. The van der Waals surface area contributed by atoms with Crippen LogP contribution >= 0.6 is 0 Å². The Hall–Kier alpha value is -1.02. The third-order valence-corrected chi connectivity index (χ3v) is 3.35. The molecule has 0 fully saturated rings. The maximum absolute atomic E-state index is 9.93. The highest BCUT2D eigenvalue weighted by Gasteiger charge is 2.20. The maximum atomic E-state index is 9.93. The highest BCUT2D eigenvalue weighted by Crippen LogP contribution is 2.23. The summed E-state index contributed by atoms with van der Waals surface area (Å²) in [6, 6.07) is 8.22. The van der Waals surface area contributed by atoms with Crippen LogP contribution in [0.1, 0.15) is 45.6 Å². The molecule has 0 radical (unpaired) electrons. The van der Waals surface area contributed by atoms with Crippen molar-refractivity contribution >= 4 is 0 Å². The van der Waals surface area contributed by atoms with Gasteiger partial charge < -0.3 is 9.84 Å². The van der Waals surface area contributed by atoms with E-state index in [-0.39, 0.29) is 11.5 Å². The quantitative estimate of drug-likeness (QED) is 0.778. The number of hydrogen-bond acceptors (Lipinski definition) is 2. The fraction of sp³-hybridized carbons (Fsp3) is 0.625. The molecule has 18 heavy (non-hydrogen) atoms. The lowest BCUT2D eigenvalue weighted by atomic mass is 9.86. The van der Waals surface area contributed by atoms with Crippen molar-refractivity contribution in [2.45, 2.75) is 52.6 Å². The summed E-state index contributed by atoms with van der Waals surface area (Å²) in [7, 11) is 1.68. The van der Waals surface area contributed by atoms with Gasteiger partial charge in [-0.25, -0.2) is 0 Å². The molecular weight excluding hydrogens is 224 g/mol. The molecule has 2 nitrogen and oxygen atoms in total. The number of benzene rings is 1. The van der Waals surface area contributed by atoms with Gasteiger partial charge >= 0.3 is 0 Å². The van der Waals surface area contributed by atoms with Crippen LogP contribution in [0.5, 0.6) is 5.75 Å². The van der Waals surface area contributed by atoms with Crippen LogP contribution in [0.15, 0.2) is 24.3 Å². The molecule has 102 valence electrons. The van der Waals surface area contributed by atoms with Crippen molar-refractivity contribution in [2.75, 3.05) is 7.11 Å². The topological polar surface area (TPSA) is 29.5 Å². The van der Waals surface area contributed by atoms with Gasteiger partial charge in [0.1, 0.15) is 5.75 Å². The molecule has 0 aliphatic heterocycles. The van der Waals surface area contributed by atoms with Gasteiger partial charge in [-0.15, -0.1) is 0 Å². The van der Waals surface area contributed by atoms with Crippen LogP contribution in [0.25, 0.3) is 0 Å². The first-order valence-electron chi connectivity index (χ1n) is 6.74. The van der Waals surface area contributed by atoms with Crippen molar-refractivity contribution in [1.29, 1.82) is 0 Å². The van der Waals surface area contributed by atoms with Crippen LogP contribution < -0.4 is 4.74 Å². The van der Waals surface area contributed by atoms with Crippen molar-refractivity contribution in [3.8, 4) is 5.75 Å². The number of hydrogen-bond donors (Lipinski definition) is 1. The van der Waals surface area contributed by atoms with E-state index in [1.807, 2.05) is 12.1 Å². The Morgan fingerprint density at radius 3 is 2.22 bits per heavy atom. The van der Waals surface area contributed by atoms with Gasteiger partial charge in [0, 0.05) is 0 Å². The third kappa shape index (κ3) is 5.09. The summed E-state index contributed by atoms with van der Waals surface area (Å²) in [6.07, 6.45) is 3.96. The highest BCUT2D eigenvalue weighted by molar-refractivity contribution is 5.27. The third-order valence-electron chi connectivity index (χ3n) is 3.35. The van der Waals surface area contributed by atoms with Crippen LogP contribution in [0.2, 0.25) is 0 Å². The van der Waals surface area contributed by atoms with Crippen LogP contribution in [-0.2, 0) is 6.42 Å². The first-order chi connectivity index (χ1) is 8.43. The van der Waals surface area contributed by atoms with E-state index in [0.717, 1.165) is 31.4 Å². The molecule has 1 N–H and O–H groups in total. The van der Waals surface area contributed by atoms with Gasteiger partial charge in [0.05, 0.1) is 13.2 Å². The Morgan fingerprint density at radius 1 is 1.11 bits per heavy atom. The largest absolute Gasteiger partial charge is 0.497 e. The second-order valence-electron chi connectivity index (χ2n) is 5.98. The molecule has 0 aliphatic rings. The normalized spacial score (nSPS) is 13.4. The van der Waals surface area contributed by atoms with Gasteiger partial charge in [0.25, 0.3) is 0 Å². The second kappa shape index (κ2) is 6.79. The average Bonchev–Trinajstić information content (AvgIpc) is 2.34. The molecule has 1 rings (SSSR count). The lowest BCUT2D eigenvalue weighted by Gasteiger charge is -2.25. The number of ether oxygens (including phenoxy) is 1. The molecule has 0 saturated heterocycles. The number of aryl methyl sites for hydroxylation is 1. The minimum absolute atomic E-state index is 0.000112. The molecule has 0 aromatic heterocycles. The molecule has 2 heteroatoms. The summed E-state index contributed by atoms with van der Waals surface area (Å²) in [4.78, 5) is 0. The van der Waals surface area contributed by atoms with Gasteiger partial charge in [-0.2, -0.15) is 0 Å². The Labute approximate surface area is 111 Å². The molecule has 0 saturated carbocycles. The van der Waals surface area contributed by atoms with E-state index in [1.165, 1.54) is 5.56 Å². The summed E-state index contributed by atoms with van der Waals surface area (Å²) in [5.74, 6) is 0.905. The summed E-state index contributed by atoms with van der Waals surface area (Å²) in [5, 5.41) is 9.93. The minimum atomic E-state index is -0.201. The fourth-order valence-electron chi connectivity index (χ4n) is 1.89. The van der Waals surface area contributed by atoms with E-state index < -0.39 is 0 Å². The molecule has 1 unspecified atom stereocenters. The molecule has 0 spiro atoms. The van der Waals surface area contributed by atoms with Gasteiger partial charge in [-0.05, 0) is 42.4 Å². The molecular formula is C16H26O2. The van der Waals surface area contributed by atoms with E-state index >= 15 is 0 Å². The molecule has 0 bridgehead atoms. The summed E-state index contributed by atoms with van der Waals surface area (Å²) < 4.78 is 5.13. The number of methoxy groups -OCH3 is 1. The lowest BCUT2D eigenvalue weighted by Crippen LogP contribution is -2.25. The van der Waals surface area contributed by atoms with E-state index in [0.29, 0.717) is 0 Å². The maximum Gasteiger partial charge on any atom is 0.118 e. The average molecular weight is 250 g/mol. The van der Waals surface area contributed by atoms with Crippen LogP contribution in [0, 0.1) is 5.41 Å².